The summed E-state index contributed by atoms with van der Waals surface area (Å²) in [5.74, 6) is 0. The van der Waals surface area contributed by atoms with E-state index < -0.39 is 0 Å². The molecule has 1 heterocycles. The zero-order chi connectivity index (χ0) is 7.23. The van der Waals surface area contributed by atoms with E-state index in [4.69, 9.17) is 9.26 Å². The van der Waals surface area contributed by atoms with Gasteiger partial charge in [0.25, 0.3) is 0 Å². The summed E-state index contributed by atoms with van der Waals surface area (Å²) in [4.78, 5) is 2.34. The third-order valence-electron chi connectivity index (χ3n) is 1.63. The van der Waals surface area contributed by atoms with E-state index in [1.165, 1.54) is 0 Å². The number of hydrogen-bond donors (Lipinski definition) is 0. The molecule has 0 aromatic rings. The van der Waals surface area contributed by atoms with Crippen molar-refractivity contribution in [3.8, 4) is 0 Å². The van der Waals surface area contributed by atoms with E-state index in [1.54, 1.807) is 0 Å². The lowest BCUT2D eigenvalue weighted by atomic mass is 10.4. The van der Waals surface area contributed by atoms with E-state index in [0.29, 0.717) is 0 Å². The van der Waals surface area contributed by atoms with Gasteiger partial charge in [0.2, 0.25) is 0 Å². The maximum Gasteiger partial charge on any atom is 0.0629 e. The normalized spacial score (nSPS) is 21.3. The van der Waals surface area contributed by atoms with Gasteiger partial charge in [0, 0.05) is 29.1 Å². The highest BCUT2D eigenvalue weighted by Crippen LogP contribution is 1.96. The molecule has 4 heteroatoms. The first kappa shape index (κ1) is 8.41. The van der Waals surface area contributed by atoms with E-state index in [0.717, 1.165) is 39.5 Å². The third kappa shape index (κ3) is 2.93. The predicted octanol–water partition coefficient (Wildman–Crippen LogP) is 0.125. The van der Waals surface area contributed by atoms with Crippen molar-refractivity contribution in [2.45, 2.75) is 0 Å². The first-order chi connectivity index (χ1) is 4.93. The summed E-state index contributed by atoms with van der Waals surface area (Å²) in [6, 6.07) is 0. The lowest BCUT2D eigenvalue weighted by molar-refractivity contribution is 0.0333. The standard InChI is InChI=1S/C6H14NO2P/c10-9-6-3-7-1-4-8-5-2-7/h1-6,10H2. The molecule has 0 spiro atoms. The molecule has 1 rings (SSSR count). The highest BCUT2D eigenvalue weighted by molar-refractivity contribution is 7.09. The van der Waals surface area contributed by atoms with Gasteiger partial charge in [-0.25, -0.2) is 0 Å². The zero-order valence-corrected chi connectivity index (χ0v) is 7.24. The summed E-state index contributed by atoms with van der Waals surface area (Å²) in [7, 11) is 2.26. The SMILES string of the molecule is POCCN1CCOCC1. The first-order valence-corrected chi connectivity index (χ1v) is 4.02. The van der Waals surface area contributed by atoms with E-state index in [1.807, 2.05) is 0 Å². The fourth-order valence-electron chi connectivity index (χ4n) is 1.01. The van der Waals surface area contributed by atoms with Crippen LogP contribution in [0.15, 0.2) is 0 Å². The number of ether oxygens (including phenoxy) is 1. The second-order valence-corrected chi connectivity index (χ2v) is 2.66. The molecule has 10 heavy (non-hydrogen) atoms. The Morgan fingerprint density at radius 1 is 1.40 bits per heavy atom. The van der Waals surface area contributed by atoms with E-state index in [-0.39, 0.29) is 0 Å². The van der Waals surface area contributed by atoms with Crippen LogP contribution in [0.5, 0.6) is 0 Å². The highest BCUT2D eigenvalue weighted by Gasteiger charge is 2.08. The lowest BCUT2D eigenvalue weighted by Crippen LogP contribution is -2.37. The maximum absolute atomic E-state index is 5.19. The second kappa shape index (κ2) is 5.03. The Hall–Kier alpha value is 0.310. The van der Waals surface area contributed by atoms with Crippen LogP contribution in [0, 0.1) is 0 Å². The van der Waals surface area contributed by atoms with E-state index in [2.05, 4.69) is 14.4 Å². The highest BCUT2D eigenvalue weighted by atomic mass is 31.0. The Kier molecular flexibility index (Phi) is 4.23. The molecule has 0 amide bonds. The van der Waals surface area contributed by atoms with Crippen molar-refractivity contribution >= 4 is 9.47 Å². The van der Waals surface area contributed by atoms with Crippen LogP contribution in [0.2, 0.25) is 0 Å². The molecule has 0 radical (unpaired) electrons. The van der Waals surface area contributed by atoms with Crippen LogP contribution in [0.1, 0.15) is 0 Å². The van der Waals surface area contributed by atoms with Crippen molar-refractivity contribution in [1.82, 2.24) is 4.90 Å². The van der Waals surface area contributed by atoms with Crippen molar-refractivity contribution in [1.29, 1.82) is 0 Å². The van der Waals surface area contributed by atoms with Gasteiger partial charge in [-0.05, 0) is 0 Å². The van der Waals surface area contributed by atoms with Gasteiger partial charge in [-0.3, -0.25) is 4.90 Å². The van der Waals surface area contributed by atoms with Crippen molar-refractivity contribution < 1.29 is 9.26 Å². The van der Waals surface area contributed by atoms with Gasteiger partial charge in [-0.2, -0.15) is 0 Å². The van der Waals surface area contributed by atoms with Gasteiger partial charge < -0.3 is 9.26 Å². The summed E-state index contributed by atoms with van der Waals surface area (Å²) >= 11 is 0. The van der Waals surface area contributed by atoms with E-state index >= 15 is 0 Å². The largest absolute Gasteiger partial charge is 0.379 e. The molecular weight excluding hydrogens is 149 g/mol. The van der Waals surface area contributed by atoms with Gasteiger partial charge in [-0.15, -0.1) is 0 Å². The first-order valence-electron chi connectivity index (χ1n) is 3.55. The Morgan fingerprint density at radius 2 is 2.10 bits per heavy atom. The third-order valence-corrected chi connectivity index (χ3v) is 1.86. The number of morpholine rings is 1. The zero-order valence-electron chi connectivity index (χ0n) is 6.08. The fraction of sp³-hybridized carbons (Fsp3) is 1.00. The van der Waals surface area contributed by atoms with Gasteiger partial charge in [0.05, 0.1) is 19.8 Å². The van der Waals surface area contributed by atoms with Crippen molar-refractivity contribution in [2.24, 2.45) is 0 Å². The molecule has 1 unspecified atom stereocenters. The molecule has 0 aliphatic carbocycles. The van der Waals surface area contributed by atoms with E-state index in [9.17, 15) is 0 Å². The Balaban J connectivity index is 2.02. The molecule has 0 N–H and O–H groups in total. The molecule has 0 aromatic carbocycles. The van der Waals surface area contributed by atoms with Gasteiger partial charge in [0.1, 0.15) is 0 Å². The second-order valence-electron chi connectivity index (χ2n) is 2.32. The maximum atomic E-state index is 5.19. The minimum atomic E-state index is 0.796. The number of hydrogen-bond acceptors (Lipinski definition) is 3. The minimum absolute atomic E-state index is 0.796. The van der Waals surface area contributed by atoms with Crippen LogP contribution >= 0.6 is 9.47 Å². The molecule has 0 aromatic heterocycles. The molecule has 0 saturated carbocycles. The van der Waals surface area contributed by atoms with Crippen LogP contribution in [-0.4, -0.2) is 44.4 Å². The van der Waals surface area contributed by atoms with Crippen LogP contribution in [0.25, 0.3) is 0 Å². The monoisotopic (exact) mass is 163 g/mol. The summed E-state index contributed by atoms with van der Waals surface area (Å²) in [6.07, 6.45) is 0. The van der Waals surface area contributed by atoms with Crippen LogP contribution in [0.3, 0.4) is 0 Å². The molecule has 0 bridgehead atoms. The average molecular weight is 163 g/mol. The Bertz CT molecular complexity index is 85.8. The summed E-state index contributed by atoms with van der Waals surface area (Å²) < 4.78 is 10.1. The molecule has 60 valence electrons. The summed E-state index contributed by atoms with van der Waals surface area (Å²) in [5.41, 5.74) is 0. The van der Waals surface area contributed by atoms with Crippen molar-refractivity contribution in [3.05, 3.63) is 0 Å². The molecule has 3 nitrogen and oxygen atoms in total. The van der Waals surface area contributed by atoms with Gasteiger partial charge in [-0.1, -0.05) is 0 Å². The molecule has 1 aliphatic rings. The molecule has 1 aliphatic heterocycles. The molecule has 1 atom stereocenters. The minimum Gasteiger partial charge on any atom is -0.379 e. The predicted molar refractivity (Wildman–Crippen MR) is 42.9 cm³/mol. The van der Waals surface area contributed by atoms with Crippen molar-refractivity contribution in [3.63, 3.8) is 0 Å². The number of rotatable bonds is 3. The fourth-order valence-corrected chi connectivity index (χ4v) is 1.11. The quantitative estimate of drug-likeness (QED) is 0.552. The molecule has 1 fully saturated rings. The summed E-state index contributed by atoms with van der Waals surface area (Å²) in [5, 5.41) is 0. The Labute approximate surface area is 64.0 Å². The van der Waals surface area contributed by atoms with Crippen LogP contribution in [0.4, 0.5) is 0 Å². The van der Waals surface area contributed by atoms with Crippen molar-refractivity contribution in [2.75, 3.05) is 39.5 Å². The van der Waals surface area contributed by atoms with Crippen LogP contribution < -0.4 is 0 Å². The van der Waals surface area contributed by atoms with Gasteiger partial charge >= 0.3 is 0 Å². The lowest BCUT2D eigenvalue weighted by Gasteiger charge is -2.25. The van der Waals surface area contributed by atoms with Gasteiger partial charge in [0.15, 0.2) is 0 Å². The molecular formula is C6H14NO2P. The topological polar surface area (TPSA) is 21.7 Å². The number of nitrogens with zero attached hydrogens (tertiary/aromatic N) is 1. The Morgan fingerprint density at radius 3 is 2.70 bits per heavy atom. The summed E-state index contributed by atoms with van der Waals surface area (Å²) in [6.45, 7) is 5.66. The van der Waals surface area contributed by atoms with Crippen LogP contribution in [-0.2, 0) is 9.26 Å². The molecule has 1 saturated heterocycles. The average Bonchev–Trinajstić information content (AvgIpc) is 2.03. The smallest absolute Gasteiger partial charge is 0.0629 e.